The number of ether oxygens (including phenoxy) is 3. The Balaban J connectivity index is 1.35. The number of nitrogens with one attached hydrogen (secondary N) is 2. The monoisotopic (exact) mass is 567 g/mol. The summed E-state index contributed by atoms with van der Waals surface area (Å²) in [6.45, 7) is 7.43. The largest absolute Gasteiger partial charge is 0.443 e. The Labute approximate surface area is 241 Å². The molecule has 3 heterocycles. The molecule has 5 rings (SSSR count). The van der Waals surface area contributed by atoms with Crippen LogP contribution in [0.1, 0.15) is 48.6 Å². The zero-order chi connectivity index (χ0) is 29.1. The highest BCUT2D eigenvalue weighted by Crippen LogP contribution is 2.38. The second kappa shape index (κ2) is 12.9. The Morgan fingerprint density at radius 1 is 1.20 bits per heavy atom. The molecule has 2 fully saturated rings. The van der Waals surface area contributed by atoms with E-state index in [9.17, 15) is 19.8 Å². The maximum Gasteiger partial charge on any atom is 0.407 e. The van der Waals surface area contributed by atoms with Gasteiger partial charge in [-0.25, -0.2) is 4.79 Å². The summed E-state index contributed by atoms with van der Waals surface area (Å²) < 4.78 is 16.9. The molecule has 2 aromatic rings. The standard InChI is InChI=1S/C31H41N3O7/c1-18(2)14-34(28-23-13-21(16-35)19(3)11-24(23)32-29(28)37)15-26(36)25(12-20-7-5-4-6-8-20)33-31(38)41-27-17-40-30-22(27)9-10-39-30/h4-8,11,13,18,22,25-28,30,35-36H,9-10,12,14-17H2,1-3H3,(H,32,37)(H,33,38)/t22-,25?,26+,27-,28?,30+/m0/s1. The molecular formula is C31H41N3O7. The number of alkyl carbamates (subject to hydrolysis) is 1. The molecule has 6 atom stereocenters. The number of aryl methyl sites for hydroxylation is 1. The SMILES string of the molecule is Cc1cc2c(cc1CO)C(N(CC(C)C)C[C@@H](O)C(Cc1ccccc1)NC(=O)O[C@H]1CO[C@H]3OCC[C@H]31)C(=O)N2. The van der Waals surface area contributed by atoms with Crippen molar-refractivity contribution in [1.82, 2.24) is 10.2 Å². The van der Waals surface area contributed by atoms with Gasteiger partial charge in [-0.3, -0.25) is 9.69 Å². The maximum atomic E-state index is 13.3. The van der Waals surface area contributed by atoms with Gasteiger partial charge >= 0.3 is 6.09 Å². The van der Waals surface area contributed by atoms with Gasteiger partial charge in [-0.15, -0.1) is 0 Å². The average molecular weight is 568 g/mol. The van der Waals surface area contributed by atoms with Crippen LogP contribution >= 0.6 is 0 Å². The molecule has 10 heteroatoms. The molecule has 10 nitrogen and oxygen atoms in total. The van der Waals surface area contributed by atoms with Crippen molar-refractivity contribution in [3.8, 4) is 0 Å². The summed E-state index contributed by atoms with van der Waals surface area (Å²) >= 11 is 0. The van der Waals surface area contributed by atoms with E-state index >= 15 is 0 Å². The number of fused-ring (bicyclic) bond motifs is 2. The molecule has 0 bridgehead atoms. The molecule has 41 heavy (non-hydrogen) atoms. The minimum atomic E-state index is -1.01. The molecule has 3 aliphatic heterocycles. The Morgan fingerprint density at radius 3 is 2.71 bits per heavy atom. The molecule has 0 aromatic heterocycles. The average Bonchev–Trinajstić information content (AvgIpc) is 3.63. The van der Waals surface area contributed by atoms with Crippen molar-refractivity contribution in [2.75, 3.05) is 31.6 Å². The Bertz CT molecular complexity index is 1220. The zero-order valence-electron chi connectivity index (χ0n) is 23.9. The fourth-order valence-corrected chi connectivity index (χ4v) is 6.13. The lowest BCUT2D eigenvalue weighted by Gasteiger charge is -2.34. The predicted molar refractivity (Wildman–Crippen MR) is 152 cm³/mol. The first kappa shape index (κ1) is 29.5. The summed E-state index contributed by atoms with van der Waals surface area (Å²) in [7, 11) is 0. The van der Waals surface area contributed by atoms with Crippen molar-refractivity contribution in [3.05, 3.63) is 64.7 Å². The van der Waals surface area contributed by atoms with Gasteiger partial charge in [0.2, 0.25) is 5.91 Å². The summed E-state index contributed by atoms with van der Waals surface area (Å²) in [4.78, 5) is 28.3. The highest BCUT2D eigenvalue weighted by molar-refractivity contribution is 6.02. The van der Waals surface area contributed by atoms with Crippen molar-refractivity contribution < 1.29 is 34.0 Å². The van der Waals surface area contributed by atoms with Gasteiger partial charge in [0.1, 0.15) is 12.1 Å². The van der Waals surface area contributed by atoms with E-state index in [0.29, 0.717) is 25.3 Å². The number of aliphatic hydroxyl groups excluding tert-OH is 2. The first-order chi connectivity index (χ1) is 19.7. The van der Waals surface area contributed by atoms with Crippen LogP contribution in [0.15, 0.2) is 42.5 Å². The van der Waals surface area contributed by atoms with E-state index in [1.165, 1.54) is 0 Å². The Hall–Kier alpha value is -3.02. The van der Waals surface area contributed by atoms with Crippen LogP contribution in [0.5, 0.6) is 0 Å². The van der Waals surface area contributed by atoms with Gasteiger partial charge < -0.3 is 35.1 Å². The fraction of sp³-hybridized carbons (Fsp3) is 0.548. The zero-order valence-corrected chi connectivity index (χ0v) is 23.9. The van der Waals surface area contributed by atoms with Gasteiger partial charge in [-0.1, -0.05) is 44.2 Å². The minimum absolute atomic E-state index is 0.00757. The van der Waals surface area contributed by atoms with E-state index < -0.39 is 30.4 Å². The number of nitrogens with zero attached hydrogens (tertiary/aromatic N) is 1. The number of hydrogen-bond donors (Lipinski definition) is 4. The highest BCUT2D eigenvalue weighted by atomic mass is 16.7. The van der Waals surface area contributed by atoms with Gasteiger partial charge in [-0.05, 0) is 54.5 Å². The first-order valence-electron chi connectivity index (χ1n) is 14.4. The van der Waals surface area contributed by atoms with E-state index in [2.05, 4.69) is 24.5 Å². The van der Waals surface area contributed by atoms with Crippen LogP contribution in [-0.2, 0) is 32.0 Å². The predicted octanol–water partition coefficient (Wildman–Crippen LogP) is 2.90. The summed E-state index contributed by atoms with van der Waals surface area (Å²) in [6.07, 6.45) is -1.22. The van der Waals surface area contributed by atoms with Crippen LogP contribution in [0, 0.1) is 18.8 Å². The lowest BCUT2D eigenvalue weighted by Crippen LogP contribution is -2.52. The van der Waals surface area contributed by atoms with Crippen molar-refractivity contribution in [1.29, 1.82) is 0 Å². The molecule has 4 N–H and O–H groups in total. The smallest absolute Gasteiger partial charge is 0.407 e. The lowest BCUT2D eigenvalue weighted by atomic mass is 9.97. The molecule has 2 unspecified atom stereocenters. The van der Waals surface area contributed by atoms with E-state index in [4.69, 9.17) is 14.2 Å². The fourth-order valence-electron chi connectivity index (χ4n) is 6.13. The van der Waals surface area contributed by atoms with Crippen molar-refractivity contribution >= 4 is 17.7 Å². The first-order valence-corrected chi connectivity index (χ1v) is 14.4. The van der Waals surface area contributed by atoms with Crippen LogP contribution in [0.25, 0.3) is 0 Å². The molecule has 0 spiro atoms. The summed E-state index contributed by atoms with van der Waals surface area (Å²) in [5, 5.41) is 27.4. The van der Waals surface area contributed by atoms with Gasteiger partial charge in [0, 0.05) is 24.3 Å². The van der Waals surface area contributed by atoms with E-state index in [0.717, 1.165) is 28.7 Å². The van der Waals surface area contributed by atoms with E-state index in [1.54, 1.807) is 0 Å². The van der Waals surface area contributed by atoms with Crippen LogP contribution in [0.2, 0.25) is 0 Å². The second-order valence-electron chi connectivity index (χ2n) is 11.7. The normalized spacial score (nSPS) is 24.7. The minimum Gasteiger partial charge on any atom is -0.443 e. The number of rotatable bonds is 11. The molecule has 2 aromatic carbocycles. The van der Waals surface area contributed by atoms with Gasteiger partial charge in [0.25, 0.3) is 0 Å². The van der Waals surface area contributed by atoms with Crippen LogP contribution in [-0.4, -0.2) is 78.0 Å². The Morgan fingerprint density at radius 2 is 1.98 bits per heavy atom. The molecule has 0 radical (unpaired) electrons. The van der Waals surface area contributed by atoms with Crippen LogP contribution in [0.3, 0.4) is 0 Å². The van der Waals surface area contributed by atoms with Crippen LogP contribution in [0.4, 0.5) is 10.5 Å². The summed E-state index contributed by atoms with van der Waals surface area (Å²) in [5.41, 5.74) is 4.10. The topological polar surface area (TPSA) is 130 Å². The molecular weight excluding hydrogens is 526 g/mol. The number of aliphatic hydroxyl groups is 2. The van der Waals surface area contributed by atoms with E-state index in [-0.39, 0.29) is 43.8 Å². The third-order valence-electron chi connectivity index (χ3n) is 8.18. The Kier molecular flexibility index (Phi) is 9.25. The van der Waals surface area contributed by atoms with Crippen LogP contribution < -0.4 is 10.6 Å². The van der Waals surface area contributed by atoms with Crippen molar-refractivity contribution in [3.63, 3.8) is 0 Å². The molecule has 2 saturated heterocycles. The number of carbonyl (C=O) groups excluding carboxylic acids is 2. The molecule has 3 aliphatic rings. The molecule has 2 amide bonds. The lowest BCUT2D eigenvalue weighted by molar-refractivity contribution is -0.121. The quantitative estimate of drug-likeness (QED) is 0.326. The number of carbonyl (C=O) groups is 2. The third-order valence-corrected chi connectivity index (χ3v) is 8.18. The number of benzene rings is 2. The maximum absolute atomic E-state index is 13.3. The molecule has 0 aliphatic carbocycles. The van der Waals surface area contributed by atoms with E-state index in [1.807, 2.05) is 54.3 Å². The second-order valence-corrected chi connectivity index (χ2v) is 11.7. The van der Waals surface area contributed by atoms with Gasteiger partial charge in [-0.2, -0.15) is 0 Å². The molecule has 222 valence electrons. The summed E-state index contributed by atoms with van der Waals surface area (Å²) in [6, 6.07) is 12.1. The number of anilines is 1. The summed E-state index contributed by atoms with van der Waals surface area (Å²) in [5.74, 6) is 0.0355. The number of hydrogen-bond acceptors (Lipinski definition) is 8. The molecule has 0 saturated carbocycles. The van der Waals surface area contributed by atoms with Crippen molar-refractivity contribution in [2.24, 2.45) is 11.8 Å². The third kappa shape index (κ3) is 6.73. The highest BCUT2D eigenvalue weighted by Gasteiger charge is 2.44. The number of amides is 2. The van der Waals surface area contributed by atoms with Gasteiger partial charge in [0.15, 0.2) is 6.29 Å². The van der Waals surface area contributed by atoms with Crippen molar-refractivity contribution in [2.45, 2.75) is 70.8 Å². The van der Waals surface area contributed by atoms with Gasteiger partial charge in [0.05, 0.1) is 37.9 Å².